The van der Waals surface area contributed by atoms with Crippen molar-refractivity contribution in [2.45, 2.75) is 23.3 Å². The summed E-state index contributed by atoms with van der Waals surface area (Å²) in [5.41, 5.74) is -4.61. The number of halogens is 6. The Kier molecular flexibility index (Phi) is 6.93. The van der Waals surface area contributed by atoms with Crippen molar-refractivity contribution in [1.29, 1.82) is 0 Å². The summed E-state index contributed by atoms with van der Waals surface area (Å²) in [5.74, 6) is -0.769. The van der Waals surface area contributed by atoms with Crippen LogP contribution in [-0.2, 0) is 16.4 Å². The number of piperazine rings is 1. The molecule has 0 aliphatic carbocycles. The molecule has 0 bridgehead atoms. The Morgan fingerprint density at radius 3 is 1.88 bits per heavy atom. The van der Waals surface area contributed by atoms with E-state index in [1.54, 1.807) is 0 Å². The Labute approximate surface area is 185 Å². The van der Waals surface area contributed by atoms with E-state index in [1.165, 1.54) is 29.2 Å². The largest absolute Gasteiger partial charge is 0.573 e. The molecular weight excluding hydrogens is 478 g/mol. The van der Waals surface area contributed by atoms with Gasteiger partial charge in [-0.05, 0) is 42.0 Å². The van der Waals surface area contributed by atoms with Crippen LogP contribution >= 0.6 is 0 Å². The van der Waals surface area contributed by atoms with E-state index in [9.17, 15) is 39.6 Å². The van der Waals surface area contributed by atoms with Crippen molar-refractivity contribution in [3.63, 3.8) is 0 Å². The molecule has 1 fully saturated rings. The van der Waals surface area contributed by atoms with Gasteiger partial charge in [-0.2, -0.15) is 13.2 Å². The maximum atomic E-state index is 12.6. The van der Waals surface area contributed by atoms with Crippen LogP contribution in [0.15, 0.2) is 53.4 Å². The maximum absolute atomic E-state index is 12.6. The lowest BCUT2D eigenvalue weighted by Crippen LogP contribution is -2.48. The molecule has 0 saturated carbocycles. The monoisotopic (exact) mass is 496 g/mol. The van der Waals surface area contributed by atoms with Gasteiger partial charge in [0.15, 0.2) is 0 Å². The van der Waals surface area contributed by atoms with Gasteiger partial charge in [-0.25, -0.2) is 8.42 Å². The van der Waals surface area contributed by atoms with Crippen LogP contribution in [0, 0.1) is 0 Å². The second kappa shape index (κ2) is 9.21. The van der Waals surface area contributed by atoms with E-state index >= 15 is 0 Å². The zero-order chi connectivity index (χ0) is 24.4. The third-order valence-electron chi connectivity index (χ3n) is 4.94. The smallest absolute Gasteiger partial charge is 0.406 e. The van der Waals surface area contributed by atoms with Crippen LogP contribution in [0.4, 0.5) is 26.3 Å². The number of carbonyl (C=O) groups is 1. The van der Waals surface area contributed by atoms with E-state index in [4.69, 9.17) is 0 Å². The fraction of sp³-hybridized carbons (Fsp3) is 0.350. The van der Waals surface area contributed by atoms with Gasteiger partial charge in [-0.1, -0.05) is 12.1 Å². The van der Waals surface area contributed by atoms with Crippen LogP contribution in [0.2, 0.25) is 0 Å². The third-order valence-corrected chi connectivity index (χ3v) is 6.44. The molecule has 0 spiro atoms. The van der Waals surface area contributed by atoms with Crippen molar-refractivity contribution in [1.82, 2.24) is 9.80 Å². The topological polar surface area (TPSA) is 66.9 Å². The fourth-order valence-electron chi connectivity index (χ4n) is 3.26. The van der Waals surface area contributed by atoms with Crippen molar-refractivity contribution in [3.05, 3.63) is 59.7 Å². The highest BCUT2D eigenvalue weighted by Crippen LogP contribution is 2.30. The fourth-order valence-corrected chi connectivity index (χ4v) is 4.02. The first-order valence-electron chi connectivity index (χ1n) is 9.54. The minimum absolute atomic E-state index is 0.0600. The molecule has 1 aliphatic heterocycles. The minimum Gasteiger partial charge on any atom is -0.406 e. The van der Waals surface area contributed by atoms with Crippen LogP contribution in [0.3, 0.4) is 0 Å². The number of rotatable bonds is 5. The Morgan fingerprint density at radius 1 is 0.848 bits per heavy atom. The van der Waals surface area contributed by atoms with Crippen molar-refractivity contribution >= 4 is 15.7 Å². The minimum atomic E-state index is -5.49. The predicted molar refractivity (Wildman–Crippen MR) is 104 cm³/mol. The molecule has 1 aliphatic rings. The summed E-state index contributed by atoms with van der Waals surface area (Å²) in [4.78, 5) is 15.1. The molecule has 180 valence electrons. The highest BCUT2D eigenvalue weighted by atomic mass is 32.2. The molecule has 13 heteroatoms. The summed E-state index contributed by atoms with van der Waals surface area (Å²) in [6, 6.07) is 9.02. The van der Waals surface area contributed by atoms with E-state index in [0.29, 0.717) is 32.7 Å². The summed E-state index contributed by atoms with van der Waals surface area (Å²) < 4.78 is 101. The number of ether oxygens (including phenoxy) is 1. The highest BCUT2D eigenvalue weighted by molar-refractivity contribution is 7.92. The Hall–Kier alpha value is -2.80. The molecule has 2 aromatic carbocycles. The number of amides is 1. The summed E-state index contributed by atoms with van der Waals surface area (Å²) >= 11 is 0. The molecule has 1 saturated heterocycles. The van der Waals surface area contributed by atoms with Crippen LogP contribution < -0.4 is 4.74 Å². The number of hydrogen-bond donors (Lipinski definition) is 0. The van der Waals surface area contributed by atoms with Gasteiger partial charge in [0.2, 0.25) is 0 Å². The second-order valence-corrected chi connectivity index (χ2v) is 9.17. The molecule has 0 unspecified atom stereocenters. The maximum Gasteiger partial charge on any atom is 0.573 e. The molecule has 6 nitrogen and oxygen atoms in total. The molecule has 1 heterocycles. The zero-order valence-corrected chi connectivity index (χ0v) is 17.7. The average Bonchev–Trinajstić information content (AvgIpc) is 2.73. The van der Waals surface area contributed by atoms with Crippen molar-refractivity contribution in [2.24, 2.45) is 0 Å². The number of hydrogen-bond acceptors (Lipinski definition) is 5. The highest BCUT2D eigenvalue weighted by Gasteiger charge is 2.46. The number of carbonyl (C=O) groups excluding carboxylic acids is 1. The van der Waals surface area contributed by atoms with Crippen LogP contribution in [0.1, 0.15) is 15.9 Å². The molecule has 0 atom stereocenters. The first-order valence-corrected chi connectivity index (χ1v) is 11.0. The van der Waals surface area contributed by atoms with E-state index in [-0.39, 0.29) is 11.3 Å². The van der Waals surface area contributed by atoms with Gasteiger partial charge < -0.3 is 9.64 Å². The van der Waals surface area contributed by atoms with Gasteiger partial charge in [-0.15, -0.1) is 13.2 Å². The van der Waals surface area contributed by atoms with Crippen LogP contribution in [0.5, 0.6) is 5.75 Å². The van der Waals surface area contributed by atoms with Crippen LogP contribution in [0.25, 0.3) is 0 Å². The third kappa shape index (κ3) is 6.16. The van der Waals surface area contributed by atoms with E-state index < -0.39 is 32.5 Å². The second-order valence-electron chi connectivity index (χ2n) is 7.23. The standard InChI is InChI=1S/C20H18F6N2O4S/c21-19(22,23)32-16-5-1-14(2-6-16)13-27-9-11-28(12-10-27)18(29)15-3-7-17(8-4-15)33(30,31)20(24,25)26/h1-8H,9-13H2. The quantitative estimate of drug-likeness (QED) is 0.589. The summed E-state index contributed by atoms with van der Waals surface area (Å²) in [6.07, 6.45) is -4.77. The number of benzene rings is 2. The van der Waals surface area contributed by atoms with Crippen LogP contribution in [-0.4, -0.2) is 62.2 Å². The Balaban J connectivity index is 1.55. The van der Waals surface area contributed by atoms with E-state index in [2.05, 4.69) is 4.74 Å². The normalized spacial score (nSPS) is 16.0. The van der Waals surface area contributed by atoms with E-state index in [0.717, 1.165) is 29.8 Å². The van der Waals surface area contributed by atoms with Gasteiger partial charge in [0.1, 0.15) is 5.75 Å². The lowest BCUT2D eigenvalue weighted by Gasteiger charge is -2.34. The van der Waals surface area contributed by atoms with Gasteiger partial charge in [0.25, 0.3) is 15.7 Å². The molecule has 0 radical (unpaired) electrons. The zero-order valence-electron chi connectivity index (χ0n) is 16.9. The summed E-state index contributed by atoms with van der Waals surface area (Å²) in [7, 11) is -5.49. The molecule has 2 aromatic rings. The van der Waals surface area contributed by atoms with E-state index in [1.807, 2.05) is 4.90 Å². The van der Waals surface area contributed by atoms with Gasteiger partial charge in [0, 0.05) is 38.3 Å². The summed E-state index contributed by atoms with van der Waals surface area (Å²) in [6.45, 7) is 2.01. The molecular formula is C20H18F6N2O4S. The predicted octanol–water partition coefficient (Wildman–Crippen LogP) is 3.84. The number of sulfone groups is 1. The molecule has 1 amide bonds. The van der Waals surface area contributed by atoms with Gasteiger partial charge in [0.05, 0.1) is 4.90 Å². The first kappa shape index (κ1) is 24.8. The molecule has 0 aromatic heterocycles. The van der Waals surface area contributed by atoms with Gasteiger partial charge in [-0.3, -0.25) is 9.69 Å². The number of alkyl halides is 6. The molecule has 0 N–H and O–H groups in total. The Morgan fingerprint density at radius 2 is 1.39 bits per heavy atom. The van der Waals surface area contributed by atoms with Crippen molar-refractivity contribution < 1.29 is 44.3 Å². The Bertz CT molecular complexity index is 1080. The lowest BCUT2D eigenvalue weighted by atomic mass is 10.1. The summed E-state index contributed by atoms with van der Waals surface area (Å²) in [5, 5.41) is 0. The first-order chi connectivity index (χ1) is 15.3. The number of nitrogens with zero attached hydrogens (tertiary/aromatic N) is 2. The molecule has 33 heavy (non-hydrogen) atoms. The average molecular weight is 496 g/mol. The van der Waals surface area contributed by atoms with Crippen molar-refractivity contribution in [2.75, 3.05) is 26.2 Å². The lowest BCUT2D eigenvalue weighted by molar-refractivity contribution is -0.274. The molecule has 3 rings (SSSR count). The van der Waals surface area contributed by atoms with Crippen molar-refractivity contribution in [3.8, 4) is 5.75 Å². The SMILES string of the molecule is O=C(c1ccc(S(=O)(=O)C(F)(F)F)cc1)N1CCN(Cc2ccc(OC(F)(F)F)cc2)CC1. The van der Waals surface area contributed by atoms with Gasteiger partial charge >= 0.3 is 11.9 Å².